The van der Waals surface area contributed by atoms with Gasteiger partial charge in [-0.3, -0.25) is 9.21 Å². The van der Waals surface area contributed by atoms with Gasteiger partial charge >= 0.3 is 6.09 Å². The first kappa shape index (κ1) is 25.3. The number of benzene rings is 1. The SMILES string of the molecule is C[C@H]1CN(Cc2ccc(N(C)S(=O)(=O)c3ccc(Cl)nc3)cc2)CCN1C(=O)OC(C)(C)C. The number of piperazine rings is 1. The van der Waals surface area contributed by atoms with Crippen molar-refractivity contribution in [2.24, 2.45) is 0 Å². The third-order valence-corrected chi connectivity index (χ3v) is 7.40. The van der Waals surface area contributed by atoms with Gasteiger partial charge in [0.25, 0.3) is 10.0 Å². The van der Waals surface area contributed by atoms with E-state index in [4.69, 9.17) is 16.3 Å². The van der Waals surface area contributed by atoms with E-state index in [1.807, 2.05) is 39.8 Å². The van der Waals surface area contributed by atoms with Crippen molar-refractivity contribution in [3.63, 3.8) is 0 Å². The largest absolute Gasteiger partial charge is 0.444 e. The molecule has 2 aromatic rings. The molecule has 0 unspecified atom stereocenters. The molecule has 0 spiro atoms. The van der Waals surface area contributed by atoms with Crippen LogP contribution in [0.5, 0.6) is 0 Å². The summed E-state index contributed by atoms with van der Waals surface area (Å²) in [6.45, 7) is 10.4. The number of nitrogens with zero attached hydrogens (tertiary/aromatic N) is 4. The van der Waals surface area contributed by atoms with Crippen molar-refractivity contribution in [2.45, 2.75) is 50.8 Å². The number of halogens is 1. The molecule has 1 aliphatic rings. The van der Waals surface area contributed by atoms with Crippen LogP contribution in [0, 0.1) is 0 Å². The topological polar surface area (TPSA) is 83.1 Å². The normalized spacial score (nSPS) is 17.6. The van der Waals surface area contributed by atoms with Crippen molar-refractivity contribution < 1.29 is 17.9 Å². The molecule has 0 bridgehead atoms. The van der Waals surface area contributed by atoms with Crippen molar-refractivity contribution >= 4 is 33.4 Å². The minimum absolute atomic E-state index is 0.0390. The first-order valence-corrected chi connectivity index (χ1v) is 12.6. The smallest absolute Gasteiger partial charge is 0.410 e. The average molecular weight is 495 g/mol. The fraction of sp³-hybridized carbons (Fsp3) is 0.478. The van der Waals surface area contributed by atoms with Gasteiger partial charge in [0, 0.05) is 45.5 Å². The summed E-state index contributed by atoms with van der Waals surface area (Å²) in [7, 11) is -2.22. The lowest BCUT2D eigenvalue weighted by molar-refractivity contribution is 0.000558. The van der Waals surface area contributed by atoms with Crippen LogP contribution in [-0.4, -0.2) is 67.6 Å². The van der Waals surface area contributed by atoms with Gasteiger partial charge in [0.2, 0.25) is 0 Å². The molecule has 0 aliphatic carbocycles. The zero-order valence-electron chi connectivity index (χ0n) is 19.7. The number of rotatable bonds is 5. The number of hydrogen-bond donors (Lipinski definition) is 0. The van der Waals surface area contributed by atoms with Gasteiger partial charge in [-0.25, -0.2) is 18.2 Å². The van der Waals surface area contributed by atoms with Crippen LogP contribution >= 0.6 is 11.6 Å². The van der Waals surface area contributed by atoms with Gasteiger partial charge < -0.3 is 9.64 Å². The highest BCUT2D eigenvalue weighted by Gasteiger charge is 2.30. The second kappa shape index (κ2) is 9.87. The summed E-state index contributed by atoms with van der Waals surface area (Å²) in [4.78, 5) is 20.4. The fourth-order valence-electron chi connectivity index (χ4n) is 3.65. The maximum atomic E-state index is 12.8. The minimum Gasteiger partial charge on any atom is -0.444 e. The van der Waals surface area contributed by atoms with Gasteiger partial charge in [-0.1, -0.05) is 23.7 Å². The predicted molar refractivity (Wildman–Crippen MR) is 129 cm³/mol. The molecule has 1 aliphatic heterocycles. The molecule has 1 aromatic heterocycles. The van der Waals surface area contributed by atoms with Crippen molar-refractivity contribution in [3.05, 3.63) is 53.3 Å². The van der Waals surface area contributed by atoms with Gasteiger partial charge in [-0.15, -0.1) is 0 Å². The molecular weight excluding hydrogens is 464 g/mol. The standard InChI is InChI=1S/C23H31ClN4O4S/c1-17-15-27(12-13-28(17)22(29)32-23(2,3)4)16-18-6-8-19(9-7-18)26(5)33(30,31)20-10-11-21(24)25-14-20/h6-11,14,17H,12-13,15-16H2,1-5H3/t17-/m0/s1. The summed E-state index contributed by atoms with van der Waals surface area (Å²) < 4.78 is 32.4. The van der Waals surface area contributed by atoms with E-state index in [1.165, 1.54) is 29.7 Å². The Morgan fingerprint density at radius 3 is 2.39 bits per heavy atom. The molecule has 180 valence electrons. The Bertz CT molecular complexity index is 1070. The fourth-order valence-corrected chi connectivity index (χ4v) is 4.90. The molecular formula is C23H31ClN4O4S. The molecule has 8 nitrogen and oxygen atoms in total. The third-order valence-electron chi connectivity index (χ3n) is 5.40. The molecule has 1 saturated heterocycles. The van der Waals surface area contributed by atoms with Crippen LogP contribution in [0.25, 0.3) is 0 Å². The lowest BCUT2D eigenvalue weighted by Gasteiger charge is -2.40. The Morgan fingerprint density at radius 2 is 1.85 bits per heavy atom. The van der Waals surface area contributed by atoms with Crippen molar-refractivity contribution in [3.8, 4) is 0 Å². The first-order chi connectivity index (χ1) is 15.4. The highest BCUT2D eigenvalue weighted by atomic mass is 35.5. The van der Waals surface area contributed by atoms with E-state index in [-0.39, 0.29) is 22.2 Å². The molecule has 33 heavy (non-hydrogen) atoms. The number of amides is 1. The van der Waals surface area contributed by atoms with E-state index in [2.05, 4.69) is 9.88 Å². The zero-order chi connectivity index (χ0) is 24.4. The summed E-state index contributed by atoms with van der Waals surface area (Å²) in [5.41, 5.74) is 1.10. The monoisotopic (exact) mass is 494 g/mol. The molecule has 3 rings (SSSR count). The zero-order valence-corrected chi connectivity index (χ0v) is 21.2. The van der Waals surface area contributed by atoms with Crippen molar-refractivity contribution in [1.29, 1.82) is 0 Å². The summed E-state index contributed by atoms with van der Waals surface area (Å²) in [5, 5.41) is 0.238. The van der Waals surface area contributed by atoms with E-state index >= 15 is 0 Å². The lowest BCUT2D eigenvalue weighted by Crippen LogP contribution is -2.54. The first-order valence-electron chi connectivity index (χ1n) is 10.8. The Kier molecular flexibility index (Phi) is 7.55. The second-order valence-electron chi connectivity index (χ2n) is 9.21. The molecule has 1 aromatic carbocycles. The summed E-state index contributed by atoms with van der Waals surface area (Å²) in [6.07, 6.45) is 0.972. The highest BCUT2D eigenvalue weighted by molar-refractivity contribution is 7.92. The molecule has 1 amide bonds. The average Bonchev–Trinajstić information content (AvgIpc) is 2.73. The highest BCUT2D eigenvalue weighted by Crippen LogP contribution is 2.24. The quantitative estimate of drug-likeness (QED) is 0.584. The van der Waals surface area contributed by atoms with E-state index in [0.29, 0.717) is 18.8 Å². The molecule has 1 atom stereocenters. The molecule has 10 heteroatoms. The Labute approximate surface area is 201 Å². The van der Waals surface area contributed by atoms with Crippen LogP contribution in [0.4, 0.5) is 10.5 Å². The number of sulfonamides is 1. The number of ether oxygens (including phenoxy) is 1. The van der Waals surface area contributed by atoms with Gasteiger partial charge in [0.15, 0.2) is 0 Å². The van der Waals surface area contributed by atoms with Crippen molar-refractivity contribution in [1.82, 2.24) is 14.8 Å². The summed E-state index contributed by atoms with van der Waals surface area (Å²) >= 11 is 5.76. The number of aromatic nitrogens is 1. The van der Waals surface area contributed by atoms with Crippen LogP contribution < -0.4 is 4.31 Å². The van der Waals surface area contributed by atoms with Gasteiger partial charge in [0.1, 0.15) is 15.6 Å². The number of carbonyl (C=O) groups excluding carboxylic acids is 1. The Hall–Kier alpha value is -2.36. The van der Waals surface area contributed by atoms with Crippen LogP contribution in [0.1, 0.15) is 33.3 Å². The second-order valence-corrected chi connectivity index (χ2v) is 11.6. The minimum atomic E-state index is -3.73. The van der Waals surface area contributed by atoms with Crippen LogP contribution in [0.3, 0.4) is 0 Å². The van der Waals surface area contributed by atoms with E-state index in [0.717, 1.165) is 18.7 Å². The van der Waals surface area contributed by atoms with E-state index in [1.54, 1.807) is 17.0 Å². The molecule has 0 N–H and O–H groups in total. The number of carbonyl (C=O) groups is 1. The van der Waals surface area contributed by atoms with Crippen LogP contribution in [0.2, 0.25) is 5.15 Å². The molecule has 1 fully saturated rings. The van der Waals surface area contributed by atoms with Crippen LogP contribution in [0.15, 0.2) is 47.5 Å². The molecule has 2 heterocycles. The third kappa shape index (κ3) is 6.37. The lowest BCUT2D eigenvalue weighted by atomic mass is 10.1. The van der Waals surface area contributed by atoms with E-state index in [9.17, 15) is 13.2 Å². The Balaban J connectivity index is 1.61. The predicted octanol–water partition coefficient (Wildman–Crippen LogP) is 4.00. The number of pyridine rings is 1. The number of anilines is 1. The molecule has 0 saturated carbocycles. The van der Waals surface area contributed by atoms with E-state index < -0.39 is 15.6 Å². The number of hydrogen-bond acceptors (Lipinski definition) is 6. The molecule has 0 radical (unpaired) electrons. The summed E-state index contributed by atoms with van der Waals surface area (Å²) in [6, 6.07) is 10.4. The van der Waals surface area contributed by atoms with Crippen LogP contribution in [-0.2, 0) is 21.3 Å². The van der Waals surface area contributed by atoms with Gasteiger partial charge in [-0.05, 0) is 57.5 Å². The Morgan fingerprint density at radius 1 is 1.18 bits per heavy atom. The van der Waals surface area contributed by atoms with Gasteiger partial charge in [0.05, 0.1) is 5.69 Å². The maximum absolute atomic E-state index is 12.8. The maximum Gasteiger partial charge on any atom is 0.410 e. The van der Waals surface area contributed by atoms with Gasteiger partial charge in [-0.2, -0.15) is 0 Å². The van der Waals surface area contributed by atoms with Crippen molar-refractivity contribution in [2.75, 3.05) is 31.0 Å². The summed E-state index contributed by atoms with van der Waals surface area (Å²) in [5.74, 6) is 0.